The summed E-state index contributed by atoms with van der Waals surface area (Å²) >= 11 is 1.46. The van der Waals surface area contributed by atoms with E-state index in [9.17, 15) is 20.4 Å². The molecule has 8 nitrogen and oxygen atoms in total. The van der Waals surface area contributed by atoms with Crippen LogP contribution in [0.3, 0.4) is 0 Å². The van der Waals surface area contributed by atoms with E-state index in [1.54, 1.807) is 0 Å². The van der Waals surface area contributed by atoms with Crippen molar-refractivity contribution in [3.63, 3.8) is 0 Å². The molecule has 5 unspecified atom stereocenters. The zero-order valence-electron chi connectivity index (χ0n) is 17.9. The molecule has 2 aliphatic rings. The molecule has 0 bridgehead atoms. The first-order valence-corrected chi connectivity index (χ1v) is 11.5. The van der Waals surface area contributed by atoms with E-state index in [-0.39, 0.29) is 29.4 Å². The van der Waals surface area contributed by atoms with Crippen LogP contribution < -0.4 is 5.32 Å². The maximum Gasteiger partial charge on any atom is 0.132 e. The molecule has 0 radical (unpaired) electrons. The summed E-state index contributed by atoms with van der Waals surface area (Å²) in [4.78, 5) is 4.40. The van der Waals surface area contributed by atoms with Gasteiger partial charge in [0.1, 0.15) is 29.9 Å². The molecule has 0 spiro atoms. The Balaban J connectivity index is 2.03. The van der Waals surface area contributed by atoms with E-state index in [1.807, 2.05) is 0 Å². The fraction of sp³-hybridized carbons (Fsp3) is 1.00. The first-order valence-electron chi connectivity index (χ1n) is 10.6. The molecular weight excluding hydrogens is 398 g/mol. The van der Waals surface area contributed by atoms with Gasteiger partial charge in [-0.3, -0.25) is 5.26 Å². The normalized spacial score (nSPS) is 38.9. The van der Waals surface area contributed by atoms with Crippen molar-refractivity contribution < 1.29 is 35.3 Å². The maximum atomic E-state index is 10.4. The molecule has 0 amide bonds. The largest absolute Gasteiger partial charge is 0.394 e. The Hall–Kier alpha value is 0.0300. The highest BCUT2D eigenvalue weighted by molar-refractivity contribution is 8.00. The summed E-state index contributed by atoms with van der Waals surface area (Å²) < 4.78 is 5.71. The monoisotopic (exact) mass is 437 g/mol. The topological polar surface area (TPSA) is 132 Å². The van der Waals surface area contributed by atoms with Crippen molar-refractivity contribution in [3.8, 4) is 0 Å². The molecule has 2 rings (SSSR count). The number of nitrogens with one attached hydrogen (secondary N) is 1. The molecule has 1 saturated carbocycles. The van der Waals surface area contributed by atoms with E-state index in [0.717, 1.165) is 25.7 Å². The summed E-state index contributed by atoms with van der Waals surface area (Å²) in [6.07, 6.45) is -1.08. The highest BCUT2D eigenvalue weighted by Gasteiger charge is 2.47. The van der Waals surface area contributed by atoms with Crippen LogP contribution in [-0.2, 0) is 9.62 Å². The van der Waals surface area contributed by atoms with E-state index >= 15 is 0 Å². The Morgan fingerprint density at radius 2 is 1.86 bits per heavy atom. The summed E-state index contributed by atoms with van der Waals surface area (Å²) in [7, 11) is 0. The van der Waals surface area contributed by atoms with Gasteiger partial charge >= 0.3 is 0 Å². The molecule has 172 valence electrons. The summed E-state index contributed by atoms with van der Waals surface area (Å²) in [6.45, 7) is 8.46. The van der Waals surface area contributed by atoms with Crippen LogP contribution in [-0.4, -0.2) is 86.1 Å². The average molecular weight is 438 g/mol. The van der Waals surface area contributed by atoms with Crippen LogP contribution >= 0.6 is 11.8 Å². The standard InChI is InChI=1S/C20H39NO7S/c1-11(2)7-13(10-27-26)21-12-5-6-20(3,4)15(8-12)29-19-18(25)17(24)16(23)14(9-22)28-19/h11-19,21-26H,5-10H2,1-4H3/t12?,13-,14?,15?,16-,17?,18?,19-/m0/s1. The molecule has 9 heteroatoms. The molecule has 6 N–H and O–H groups in total. The van der Waals surface area contributed by atoms with Crippen molar-refractivity contribution in [2.45, 2.75) is 101 Å². The van der Waals surface area contributed by atoms with Gasteiger partial charge in [0, 0.05) is 17.3 Å². The van der Waals surface area contributed by atoms with Gasteiger partial charge in [-0.25, -0.2) is 4.89 Å². The number of ether oxygens (including phenoxy) is 1. The summed E-state index contributed by atoms with van der Waals surface area (Å²) in [5.41, 5.74) is -0.719. The zero-order chi connectivity index (χ0) is 21.8. The van der Waals surface area contributed by atoms with Crippen molar-refractivity contribution in [1.82, 2.24) is 5.32 Å². The lowest BCUT2D eigenvalue weighted by atomic mass is 9.75. The van der Waals surface area contributed by atoms with Gasteiger partial charge in [0.2, 0.25) is 0 Å². The smallest absolute Gasteiger partial charge is 0.132 e. The maximum absolute atomic E-state index is 10.4. The highest BCUT2D eigenvalue weighted by atomic mass is 32.2. The quantitative estimate of drug-likeness (QED) is 0.231. The van der Waals surface area contributed by atoms with Crippen molar-refractivity contribution >= 4 is 11.8 Å². The number of hydrogen-bond acceptors (Lipinski definition) is 9. The molecule has 1 aliphatic carbocycles. The molecule has 29 heavy (non-hydrogen) atoms. The van der Waals surface area contributed by atoms with Crippen LogP contribution in [0.15, 0.2) is 0 Å². The fourth-order valence-electron chi connectivity index (χ4n) is 4.31. The third kappa shape index (κ3) is 6.75. The van der Waals surface area contributed by atoms with Crippen molar-refractivity contribution in [1.29, 1.82) is 0 Å². The molecule has 1 aliphatic heterocycles. The Morgan fingerprint density at radius 3 is 2.45 bits per heavy atom. The molecule has 0 aromatic carbocycles. The highest BCUT2D eigenvalue weighted by Crippen LogP contribution is 2.46. The lowest BCUT2D eigenvalue weighted by Crippen LogP contribution is -2.58. The van der Waals surface area contributed by atoms with Crippen LogP contribution in [0, 0.1) is 11.3 Å². The second-order valence-electron chi connectivity index (χ2n) is 9.57. The third-order valence-electron chi connectivity index (χ3n) is 6.16. The number of aliphatic hydroxyl groups excluding tert-OH is 4. The number of rotatable bonds is 9. The van der Waals surface area contributed by atoms with Gasteiger partial charge in [0.25, 0.3) is 0 Å². The molecule has 8 atom stereocenters. The van der Waals surface area contributed by atoms with E-state index in [2.05, 4.69) is 37.9 Å². The van der Waals surface area contributed by atoms with Crippen molar-refractivity contribution in [2.75, 3.05) is 13.2 Å². The number of aliphatic hydroxyl groups is 4. The average Bonchev–Trinajstić information content (AvgIpc) is 2.64. The predicted octanol–water partition coefficient (Wildman–Crippen LogP) is 0.961. The predicted molar refractivity (Wildman–Crippen MR) is 112 cm³/mol. The van der Waals surface area contributed by atoms with Crippen molar-refractivity contribution in [3.05, 3.63) is 0 Å². The minimum Gasteiger partial charge on any atom is -0.394 e. The molecule has 0 aromatic rings. The second kappa shape index (κ2) is 11.1. The molecule has 1 heterocycles. The minimum absolute atomic E-state index is 0.00266. The van der Waals surface area contributed by atoms with E-state index in [0.29, 0.717) is 5.92 Å². The summed E-state index contributed by atoms with van der Waals surface area (Å²) in [5, 5.41) is 52.6. The van der Waals surface area contributed by atoms with Crippen LogP contribution in [0.2, 0.25) is 0 Å². The van der Waals surface area contributed by atoms with Gasteiger partial charge in [-0.2, -0.15) is 0 Å². The lowest BCUT2D eigenvalue weighted by molar-refractivity contribution is -0.247. The van der Waals surface area contributed by atoms with Crippen LogP contribution in [0.25, 0.3) is 0 Å². The van der Waals surface area contributed by atoms with Gasteiger partial charge in [-0.15, -0.1) is 11.8 Å². The number of thioether (sulfide) groups is 1. The third-order valence-corrected chi connectivity index (χ3v) is 7.97. The molecule has 0 aromatic heterocycles. The van der Waals surface area contributed by atoms with Gasteiger partial charge in [-0.1, -0.05) is 27.7 Å². The second-order valence-corrected chi connectivity index (χ2v) is 10.9. The Morgan fingerprint density at radius 1 is 1.17 bits per heavy atom. The van der Waals surface area contributed by atoms with Gasteiger partial charge in [0.05, 0.1) is 13.2 Å². The lowest BCUT2D eigenvalue weighted by Gasteiger charge is -2.47. The van der Waals surface area contributed by atoms with E-state index in [1.165, 1.54) is 11.8 Å². The Kier molecular flexibility index (Phi) is 9.65. The Labute approximate surface area is 177 Å². The van der Waals surface area contributed by atoms with Crippen molar-refractivity contribution in [2.24, 2.45) is 11.3 Å². The van der Waals surface area contributed by atoms with E-state index < -0.39 is 36.5 Å². The first-order chi connectivity index (χ1) is 13.6. The molecule has 1 saturated heterocycles. The molecule has 2 fully saturated rings. The summed E-state index contributed by atoms with van der Waals surface area (Å²) in [6, 6.07) is 0.299. The minimum atomic E-state index is -1.35. The fourth-order valence-corrected chi connectivity index (χ4v) is 5.99. The van der Waals surface area contributed by atoms with Crippen LogP contribution in [0.4, 0.5) is 0 Å². The van der Waals surface area contributed by atoms with Crippen LogP contribution in [0.1, 0.15) is 53.4 Å². The summed E-state index contributed by atoms with van der Waals surface area (Å²) in [5.74, 6) is 0.474. The SMILES string of the molecule is CC(C)C[C@@H](COO)NC1CCC(C)(C)C(S[C@@H]2OC(CO)[C@H](O)C(O)C2O)C1. The Bertz CT molecular complexity index is 493. The van der Waals surface area contributed by atoms with E-state index in [4.69, 9.17) is 9.99 Å². The number of hydrogen-bond donors (Lipinski definition) is 6. The van der Waals surface area contributed by atoms with Crippen LogP contribution in [0.5, 0.6) is 0 Å². The zero-order valence-corrected chi connectivity index (χ0v) is 18.7. The molecular formula is C20H39NO7S. The van der Waals surface area contributed by atoms with Gasteiger partial charge in [-0.05, 0) is 37.0 Å². The first kappa shape index (κ1) is 25.3. The van der Waals surface area contributed by atoms with Gasteiger partial charge in [0.15, 0.2) is 0 Å². The van der Waals surface area contributed by atoms with Gasteiger partial charge < -0.3 is 30.5 Å².